The minimum atomic E-state index is 0.424. The highest BCUT2D eigenvalue weighted by molar-refractivity contribution is 9.10. The van der Waals surface area contributed by atoms with Crippen LogP contribution in [0.2, 0.25) is 0 Å². The fraction of sp³-hybridized carbons (Fsp3) is 0.143. The number of hydrogen-bond acceptors (Lipinski definition) is 5. The number of nitrogens with two attached hydrogens (primary N) is 1. The number of hydrogen-bond donors (Lipinski definition) is 1. The zero-order chi connectivity index (χ0) is 9.26. The van der Waals surface area contributed by atoms with Gasteiger partial charge in [0.15, 0.2) is 9.68 Å². The van der Waals surface area contributed by atoms with Gasteiger partial charge < -0.3 is 10.2 Å². The maximum Gasteiger partial charge on any atom is 0.179 e. The number of furan rings is 1. The van der Waals surface area contributed by atoms with E-state index in [2.05, 4.69) is 26.1 Å². The molecule has 0 unspecified atom stereocenters. The summed E-state index contributed by atoms with van der Waals surface area (Å²) in [4.78, 5) is 0. The van der Waals surface area contributed by atoms with Gasteiger partial charge in [-0.25, -0.2) is 0 Å². The molecule has 0 amide bonds. The van der Waals surface area contributed by atoms with E-state index in [4.69, 9.17) is 10.2 Å². The van der Waals surface area contributed by atoms with E-state index in [-0.39, 0.29) is 0 Å². The fourth-order valence-electron chi connectivity index (χ4n) is 0.891. The van der Waals surface area contributed by atoms with Gasteiger partial charge in [0.1, 0.15) is 5.01 Å². The summed E-state index contributed by atoms with van der Waals surface area (Å²) in [5.41, 5.74) is 6.34. The van der Waals surface area contributed by atoms with Crippen molar-refractivity contribution in [2.24, 2.45) is 5.73 Å². The fourth-order valence-corrected chi connectivity index (χ4v) is 2.19. The molecular formula is C7H6BrN3OS. The van der Waals surface area contributed by atoms with Crippen LogP contribution in [-0.2, 0) is 6.54 Å². The minimum Gasteiger partial charge on any atom is -0.457 e. The third-order valence-corrected chi connectivity index (χ3v) is 3.08. The van der Waals surface area contributed by atoms with E-state index in [1.807, 2.05) is 6.07 Å². The van der Waals surface area contributed by atoms with Crippen molar-refractivity contribution in [1.29, 1.82) is 0 Å². The minimum absolute atomic E-state index is 0.424. The van der Waals surface area contributed by atoms with Crippen LogP contribution in [0, 0.1) is 0 Å². The Bertz CT molecular complexity index is 411. The van der Waals surface area contributed by atoms with Gasteiger partial charge in [0.05, 0.1) is 11.8 Å². The first kappa shape index (κ1) is 8.86. The van der Waals surface area contributed by atoms with Crippen molar-refractivity contribution in [1.82, 2.24) is 10.2 Å². The molecule has 0 radical (unpaired) electrons. The van der Waals surface area contributed by atoms with Gasteiger partial charge in [-0.15, -0.1) is 10.2 Å². The SMILES string of the molecule is NCc1nnc(-c2ccoc2Br)s1. The van der Waals surface area contributed by atoms with Gasteiger partial charge in [0.2, 0.25) is 0 Å². The van der Waals surface area contributed by atoms with Crippen LogP contribution >= 0.6 is 27.3 Å². The Balaban J connectivity index is 2.41. The van der Waals surface area contributed by atoms with Crippen molar-refractivity contribution in [3.8, 4) is 10.6 Å². The first-order valence-corrected chi connectivity index (χ1v) is 5.18. The third-order valence-electron chi connectivity index (χ3n) is 1.49. The van der Waals surface area contributed by atoms with Gasteiger partial charge in [0.25, 0.3) is 0 Å². The van der Waals surface area contributed by atoms with Crippen LogP contribution in [0.1, 0.15) is 5.01 Å². The van der Waals surface area contributed by atoms with Gasteiger partial charge in [-0.05, 0) is 22.0 Å². The van der Waals surface area contributed by atoms with Crippen LogP contribution in [-0.4, -0.2) is 10.2 Å². The maximum atomic E-state index is 5.43. The average molecular weight is 260 g/mol. The number of rotatable bonds is 2. The molecule has 0 spiro atoms. The summed E-state index contributed by atoms with van der Waals surface area (Å²) >= 11 is 4.74. The molecule has 0 fully saturated rings. The van der Waals surface area contributed by atoms with E-state index >= 15 is 0 Å². The lowest BCUT2D eigenvalue weighted by Gasteiger charge is -1.86. The Morgan fingerprint density at radius 3 is 2.92 bits per heavy atom. The predicted molar refractivity (Wildman–Crippen MR) is 53.2 cm³/mol. The average Bonchev–Trinajstić information content (AvgIpc) is 2.71. The topological polar surface area (TPSA) is 64.9 Å². The lowest BCUT2D eigenvalue weighted by Crippen LogP contribution is -1.94. The molecule has 0 bridgehead atoms. The van der Waals surface area contributed by atoms with Crippen LogP contribution in [0.4, 0.5) is 0 Å². The van der Waals surface area contributed by atoms with E-state index in [9.17, 15) is 0 Å². The van der Waals surface area contributed by atoms with Crippen LogP contribution < -0.4 is 5.73 Å². The normalized spacial score (nSPS) is 10.6. The number of halogens is 1. The molecule has 0 saturated carbocycles. The van der Waals surface area contributed by atoms with Gasteiger partial charge >= 0.3 is 0 Å². The van der Waals surface area contributed by atoms with Gasteiger partial charge in [0, 0.05) is 6.54 Å². The highest BCUT2D eigenvalue weighted by Gasteiger charge is 2.10. The Morgan fingerprint density at radius 1 is 1.54 bits per heavy atom. The summed E-state index contributed by atoms with van der Waals surface area (Å²) in [7, 11) is 0. The van der Waals surface area contributed by atoms with Crippen LogP contribution in [0.15, 0.2) is 21.4 Å². The molecule has 2 heterocycles. The molecule has 13 heavy (non-hydrogen) atoms. The summed E-state index contributed by atoms with van der Waals surface area (Å²) in [6.07, 6.45) is 1.60. The molecule has 0 aliphatic rings. The van der Waals surface area contributed by atoms with Crippen LogP contribution in [0.3, 0.4) is 0 Å². The molecule has 0 aliphatic heterocycles. The van der Waals surface area contributed by atoms with Gasteiger partial charge in [-0.3, -0.25) is 0 Å². The molecule has 2 rings (SSSR count). The second-order valence-corrected chi connectivity index (χ2v) is 4.10. The second kappa shape index (κ2) is 3.57. The van der Waals surface area contributed by atoms with Crippen LogP contribution in [0.25, 0.3) is 10.6 Å². The van der Waals surface area contributed by atoms with Crippen molar-refractivity contribution in [2.45, 2.75) is 6.54 Å². The van der Waals surface area contributed by atoms with Crippen molar-refractivity contribution in [3.05, 3.63) is 22.0 Å². The molecule has 2 N–H and O–H groups in total. The number of nitrogens with zero attached hydrogens (tertiary/aromatic N) is 2. The summed E-state index contributed by atoms with van der Waals surface area (Å²) in [6.45, 7) is 0.424. The quantitative estimate of drug-likeness (QED) is 0.897. The Hall–Kier alpha value is -0.720. The lowest BCUT2D eigenvalue weighted by atomic mass is 10.4. The number of aromatic nitrogens is 2. The summed E-state index contributed by atoms with van der Waals surface area (Å²) in [5.74, 6) is 0. The van der Waals surface area contributed by atoms with E-state index in [1.165, 1.54) is 11.3 Å². The molecule has 4 nitrogen and oxygen atoms in total. The zero-order valence-corrected chi connectivity index (χ0v) is 8.93. The van der Waals surface area contributed by atoms with E-state index < -0.39 is 0 Å². The highest BCUT2D eigenvalue weighted by atomic mass is 79.9. The highest BCUT2D eigenvalue weighted by Crippen LogP contribution is 2.30. The van der Waals surface area contributed by atoms with Crippen LogP contribution in [0.5, 0.6) is 0 Å². The molecule has 0 saturated heterocycles. The molecule has 0 aromatic carbocycles. The molecule has 6 heteroatoms. The molecule has 2 aromatic heterocycles. The third kappa shape index (κ3) is 1.65. The standard InChI is InChI=1S/C7H6BrN3OS/c8-6-4(1-2-12-6)7-11-10-5(3-9)13-7/h1-2H,3,9H2. The monoisotopic (exact) mass is 259 g/mol. The Morgan fingerprint density at radius 2 is 2.38 bits per heavy atom. The van der Waals surface area contributed by atoms with Gasteiger partial charge in [-0.1, -0.05) is 11.3 Å². The molecule has 0 aliphatic carbocycles. The Labute approximate surface area is 86.9 Å². The van der Waals surface area contributed by atoms with Crippen molar-refractivity contribution < 1.29 is 4.42 Å². The largest absolute Gasteiger partial charge is 0.457 e. The Kier molecular flexibility index (Phi) is 2.43. The van der Waals surface area contributed by atoms with Crippen molar-refractivity contribution in [3.63, 3.8) is 0 Å². The first-order chi connectivity index (χ1) is 6.31. The summed E-state index contributed by atoms with van der Waals surface area (Å²) < 4.78 is 5.76. The molecule has 0 atom stereocenters. The van der Waals surface area contributed by atoms with E-state index in [0.29, 0.717) is 11.2 Å². The summed E-state index contributed by atoms with van der Waals surface area (Å²) in [5, 5.41) is 9.54. The second-order valence-electron chi connectivity index (χ2n) is 2.31. The molecule has 2 aromatic rings. The first-order valence-electron chi connectivity index (χ1n) is 3.57. The smallest absolute Gasteiger partial charge is 0.179 e. The van der Waals surface area contributed by atoms with E-state index in [0.717, 1.165) is 15.6 Å². The lowest BCUT2D eigenvalue weighted by molar-refractivity contribution is 0.542. The van der Waals surface area contributed by atoms with Crippen molar-refractivity contribution in [2.75, 3.05) is 0 Å². The molecular weight excluding hydrogens is 254 g/mol. The van der Waals surface area contributed by atoms with Crippen molar-refractivity contribution >= 4 is 27.3 Å². The summed E-state index contributed by atoms with van der Waals surface area (Å²) in [6, 6.07) is 1.84. The maximum absolute atomic E-state index is 5.43. The molecule has 68 valence electrons. The predicted octanol–water partition coefficient (Wildman–Crippen LogP) is 2.02. The van der Waals surface area contributed by atoms with E-state index in [1.54, 1.807) is 6.26 Å². The van der Waals surface area contributed by atoms with Gasteiger partial charge in [-0.2, -0.15) is 0 Å². The zero-order valence-electron chi connectivity index (χ0n) is 6.53.